The lowest BCUT2D eigenvalue weighted by Crippen LogP contribution is -2.41. The first-order valence-corrected chi connectivity index (χ1v) is 8.63. The van der Waals surface area contributed by atoms with Crippen molar-refractivity contribution in [3.63, 3.8) is 0 Å². The first kappa shape index (κ1) is 16.8. The molecule has 0 spiro atoms. The highest BCUT2D eigenvalue weighted by Gasteiger charge is 2.24. The van der Waals surface area contributed by atoms with Gasteiger partial charge in [0.25, 0.3) is 0 Å². The van der Waals surface area contributed by atoms with Gasteiger partial charge in [0, 0.05) is 17.1 Å². The van der Waals surface area contributed by atoms with Gasteiger partial charge in [-0.1, -0.05) is 29.8 Å². The van der Waals surface area contributed by atoms with Gasteiger partial charge in [0.1, 0.15) is 18.5 Å². The summed E-state index contributed by atoms with van der Waals surface area (Å²) in [6.45, 7) is 5.59. The van der Waals surface area contributed by atoms with Crippen LogP contribution in [0.5, 0.6) is 5.75 Å². The molecule has 0 bridgehead atoms. The van der Waals surface area contributed by atoms with E-state index >= 15 is 0 Å². The van der Waals surface area contributed by atoms with Crippen LogP contribution in [0.3, 0.4) is 0 Å². The van der Waals surface area contributed by atoms with E-state index in [0.29, 0.717) is 19.2 Å². The van der Waals surface area contributed by atoms with E-state index in [4.69, 9.17) is 4.74 Å². The van der Waals surface area contributed by atoms with Crippen molar-refractivity contribution in [1.82, 2.24) is 5.32 Å². The number of rotatable bonds is 6. The summed E-state index contributed by atoms with van der Waals surface area (Å²) in [6, 6.07) is 8.20. The summed E-state index contributed by atoms with van der Waals surface area (Å²) >= 11 is 3.39. The Morgan fingerprint density at radius 2 is 1.95 bits per heavy atom. The molecule has 0 heterocycles. The van der Waals surface area contributed by atoms with Crippen molar-refractivity contribution in [3.8, 4) is 5.75 Å². The van der Waals surface area contributed by atoms with Gasteiger partial charge in [-0.25, -0.2) is 0 Å². The highest BCUT2D eigenvalue weighted by molar-refractivity contribution is 9.10. The molecule has 0 aromatic heterocycles. The van der Waals surface area contributed by atoms with E-state index in [1.165, 1.54) is 19.3 Å². The smallest absolute Gasteiger partial charge is 0.119 e. The van der Waals surface area contributed by atoms with Crippen LogP contribution in [0.1, 0.15) is 33.1 Å². The summed E-state index contributed by atoms with van der Waals surface area (Å²) in [5, 5.41) is 13.5. The molecule has 4 unspecified atom stereocenters. The number of aliphatic hydroxyl groups excluding tert-OH is 1. The number of hydrogen-bond donors (Lipinski definition) is 2. The van der Waals surface area contributed by atoms with Gasteiger partial charge >= 0.3 is 0 Å². The van der Waals surface area contributed by atoms with Crippen LogP contribution in [-0.4, -0.2) is 30.4 Å². The van der Waals surface area contributed by atoms with Crippen LogP contribution >= 0.6 is 15.9 Å². The van der Waals surface area contributed by atoms with Crippen LogP contribution in [0.2, 0.25) is 0 Å². The molecule has 4 atom stereocenters. The highest BCUT2D eigenvalue weighted by Crippen LogP contribution is 2.29. The Labute approximate surface area is 136 Å². The van der Waals surface area contributed by atoms with Gasteiger partial charge < -0.3 is 15.2 Å². The van der Waals surface area contributed by atoms with Gasteiger partial charge in [0.2, 0.25) is 0 Å². The number of nitrogens with one attached hydrogen (secondary N) is 1. The topological polar surface area (TPSA) is 41.5 Å². The van der Waals surface area contributed by atoms with Crippen molar-refractivity contribution in [2.75, 3.05) is 13.2 Å². The fraction of sp³-hybridized carbons (Fsp3) is 0.647. The van der Waals surface area contributed by atoms with E-state index in [-0.39, 0.29) is 0 Å². The van der Waals surface area contributed by atoms with Gasteiger partial charge in [-0.05, 0) is 55.4 Å². The summed E-state index contributed by atoms with van der Waals surface area (Å²) in [7, 11) is 0. The summed E-state index contributed by atoms with van der Waals surface area (Å²) in [6.07, 6.45) is 3.24. The average Bonchev–Trinajstić information content (AvgIpc) is 2.48. The van der Waals surface area contributed by atoms with Crippen LogP contribution in [0.4, 0.5) is 0 Å². The Bertz CT molecular complexity index is 423. The van der Waals surface area contributed by atoms with Crippen molar-refractivity contribution in [2.45, 2.75) is 45.3 Å². The lowest BCUT2D eigenvalue weighted by atomic mass is 9.79. The molecule has 0 amide bonds. The maximum Gasteiger partial charge on any atom is 0.119 e. The molecular formula is C17H26BrNO2. The predicted octanol–water partition coefficient (Wildman–Crippen LogP) is 3.60. The second kappa shape index (κ2) is 8.16. The van der Waals surface area contributed by atoms with Gasteiger partial charge in [-0.3, -0.25) is 0 Å². The monoisotopic (exact) mass is 355 g/mol. The van der Waals surface area contributed by atoms with Crippen molar-refractivity contribution in [1.29, 1.82) is 0 Å². The van der Waals surface area contributed by atoms with E-state index in [2.05, 4.69) is 35.1 Å². The van der Waals surface area contributed by atoms with Gasteiger partial charge in [0.05, 0.1) is 0 Å². The minimum Gasteiger partial charge on any atom is -0.491 e. The first-order valence-electron chi connectivity index (χ1n) is 7.84. The Kier molecular flexibility index (Phi) is 6.52. The van der Waals surface area contributed by atoms with Crippen LogP contribution in [0.15, 0.2) is 28.7 Å². The first-order chi connectivity index (χ1) is 10.0. The molecule has 2 N–H and O–H groups in total. The predicted molar refractivity (Wildman–Crippen MR) is 89.6 cm³/mol. The van der Waals surface area contributed by atoms with Crippen LogP contribution in [0.25, 0.3) is 0 Å². The molecule has 118 valence electrons. The standard InChI is InChI=1S/C17H26BrNO2/c1-12-3-6-15(9-13(12)2)19-10-16(20)11-21-17-7-4-14(18)5-8-17/h4-5,7-8,12-13,15-16,19-20H,3,6,9-11H2,1-2H3. The average molecular weight is 356 g/mol. The maximum atomic E-state index is 10.0. The largest absolute Gasteiger partial charge is 0.491 e. The molecule has 1 fully saturated rings. The van der Waals surface area contributed by atoms with Crippen LogP contribution in [-0.2, 0) is 0 Å². The zero-order chi connectivity index (χ0) is 15.2. The third-order valence-electron chi connectivity index (χ3n) is 4.50. The molecule has 4 heteroatoms. The van der Waals surface area contributed by atoms with Crippen LogP contribution in [0, 0.1) is 11.8 Å². The van der Waals surface area contributed by atoms with E-state index in [9.17, 15) is 5.11 Å². The highest BCUT2D eigenvalue weighted by atomic mass is 79.9. The van der Waals surface area contributed by atoms with E-state index in [0.717, 1.165) is 22.1 Å². The number of aliphatic hydroxyl groups is 1. The summed E-state index contributed by atoms with van der Waals surface area (Å²) in [5.74, 6) is 2.39. The maximum absolute atomic E-state index is 10.0. The molecule has 1 saturated carbocycles. The van der Waals surface area contributed by atoms with Crippen molar-refractivity contribution in [2.24, 2.45) is 11.8 Å². The lowest BCUT2D eigenvalue weighted by molar-refractivity contribution is 0.0983. The molecular weight excluding hydrogens is 330 g/mol. The quantitative estimate of drug-likeness (QED) is 0.818. The second-order valence-corrected chi connectivity index (χ2v) is 7.21. The van der Waals surface area contributed by atoms with E-state index in [1.807, 2.05) is 24.3 Å². The third kappa shape index (κ3) is 5.61. The molecule has 0 saturated heterocycles. The number of hydrogen-bond acceptors (Lipinski definition) is 3. The van der Waals surface area contributed by atoms with Crippen molar-refractivity contribution >= 4 is 15.9 Å². The molecule has 1 aromatic carbocycles. The van der Waals surface area contributed by atoms with Gasteiger partial charge in [-0.15, -0.1) is 0 Å². The molecule has 0 radical (unpaired) electrons. The fourth-order valence-electron chi connectivity index (χ4n) is 2.82. The minimum absolute atomic E-state index is 0.327. The summed E-state index contributed by atoms with van der Waals surface area (Å²) < 4.78 is 6.62. The fourth-order valence-corrected chi connectivity index (χ4v) is 3.08. The number of halogens is 1. The number of benzene rings is 1. The van der Waals surface area contributed by atoms with Crippen molar-refractivity contribution < 1.29 is 9.84 Å². The molecule has 21 heavy (non-hydrogen) atoms. The van der Waals surface area contributed by atoms with Gasteiger partial charge in [0.15, 0.2) is 0 Å². The third-order valence-corrected chi connectivity index (χ3v) is 5.03. The zero-order valence-electron chi connectivity index (χ0n) is 12.9. The van der Waals surface area contributed by atoms with Gasteiger partial charge in [-0.2, -0.15) is 0 Å². The zero-order valence-corrected chi connectivity index (χ0v) is 14.5. The van der Waals surface area contributed by atoms with E-state index in [1.54, 1.807) is 0 Å². The SMILES string of the molecule is CC1CCC(NCC(O)COc2ccc(Br)cc2)CC1C. The molecule has 1 aromatic rings. The molecule has 2 rings (SSSR count). The molecule has 0 aliphatic heterocycles. The van der Waals surface area contributed by atoms with E-state index < -0.39 is 6.10 Å². The number of ether oxygens (including phenoxy) is 1. The Balaban J connectivity index is 1.65. The molecule has 3 nitrogen and oxygen atoms in total. The minimum atomic E-state index is -0.469. The Morgan fingerprint density at radius 1 is 1.24 bits per heavy atom. The van der Waals surface area contributed by atoms with Crippen molar-refractivity contribution in [3.05, 3.63) is 28.7 Å². The lowest BCUT2D eigenvalue weighted by Gasteiger charge is -2.33. The van der Waals surface area contributed by atoms with Crippen LogP contribution < -0.4 is 10.1 Å². The summed E-state index contributed by atoms with van der Waals surface area (Å²) in [5.41, 5.74) is 0. The second-order valence-electron chi connectivity index (χ2n) is 6.29. The molecule has 1 aliphatic carbocycles. The summed E-state index contributed by atoms with van der Waals surface area (Å²) in [4.78, 5) is 0. The molecule has 1 aliphatic rings. The Hall–Kier alpha value is -0.580. The normalized spacial score (nSPS) is 27.3. The Morgan fingerprint density at radius 3 is 2.62 bits per heavy atom.